The normalized spacial score (nSPS) is 10.5. The molecule has 0 amide bonds. The van der Waals surface area contributed by atoms with E-state index >= 15 is 0 Å². The molecular weight excluding hydrogens is 190 g/mol. The Morgan fingerprint density at radius 1 is 1.47 bits per heavy atom. The Morgan fingerprint density at radius 2 is 2.33 bits per heavy atom. The van der Waals surface area contributed by atoms with Crippen molar-refractivity contribution in [3.8, 4) is 11.4 Å². The van der Waals surface area contributed by atoms with Crippen molar-refractivity contribution in [2.45, 2.75) is 6.42 Å². The van der Waals surface area contributed by atoms with Crippen molar-refractivity contribution in [2.24, 2.45) is 12.8 Å². The summed E-state index contributed by atoms with van der Waals surface area (Å²) < 4.78 is 1.73. The van der Waals surface area contributed by atoms with Crippen LogP contribution in [0.15, 0.2) is 24.7 Å². The van der Waals surface area contributed by atoms with E-state index in [9.17, 15) is 0 Å². The van der Waals surface area contributed by atoms with E-state index in [4.69, 9.17) is 5.73 Å². The van der Waals surface area contributed by atoms with Gasteiger partial charge in [-0.3, -0.25) is 4.68 Å². The Kier molecular flexibility index (Phi) is 2.73. The molecule has 0 aromatic carbocycles. The molecule has 5 nitrogen and oxygen atoms in total. The van der Waals surface area contributed by atoms with Crippen molar-refractivity contribution < 1.29 is 0 Å². The maximum absolute atomic E-state index is 5.48. The summed E-state index contributed by atoms with van der Waals surface area (Å²) in [7, 11) is 1.87. The van der Waals surface area contributed by atoms with Crippen LogP contribution in [0.4, 0.5) is 0 Å². The minimum Gasteiger partial charge on any atom is -0.330 e. The van der Waals surface area contributed by atoms with Crippen LogP contribution in [-0.2, 0) is 13.5 Å². The summed E-state index contributed by atoms with van der Waals surface area (Å²) in [6.07, 6.45) is 6.17. The number of rotatable bonds is 3. The Labute approximate surface area is 88.0 Å². The summed E-state index contributed by atoms with van der Waals surface area (Å²) in [5.41, 5.74) is 7.37. The molecule has 2 aromatic rings. The Bertz CT molecular complexity index is 449. The van der Waals surface area contributed by atoms with Crippen LogP contribution in [0.5, 0.6) is 0 Å². The van der Waals surface area contributed by atoms with Crippen molar-refractivity contribution in [1.29, 1.82) is 0 Å². The molecule has 2 heterocycles. The summed E-state index contributed by atoms with van der Waals surface area (Å²) in [5, 5.41) is 4.08. The zero-order valence-electron chi connectivity index (χ0n) is 8.59. The molecule has 2 aromatic heterocycles. The van der Waals surface area contributed by atoms with Crippen LogP contribution in [0, 0.1) is 0 Å². The first-order valence-electron chi connectivity index (χ1n) is 4.80. The van der Waals surface area contributed by atoms with E-state index in [0.29, 0.717) is 12.4 Å². The number of hydrogen-bond acceptors (Lipinski definition) is 4. The van der Waals surface area contributed by atoms with Crippen molar-refractivity contribution in [1.82, 2.24) is 19.7 Å². The van der Waals surface area contributed by atoms with E-state index in [-0.39, 0.29) is 0 Å². The number of nitrogens with zero attached hydrogens (tertiary/aromatic N) is 4. The fourth-order valence-electron chi connectivity index (χ4n) is 1.36. The van der Waals surface area contributed by atoms with Gasteiger partial charge in [-0.15, -0.1) is 0 Å². The molecule has 15 heavy (non-hydrogen) atoms. The van der Waals surface area contributed by atoms with Gasteiger partial charge in [0.15, 0.2) is 5.82 Å². The van der Waals surface area contributed by atoms with Gasteiger partial charge in [0.05, 0.1) is 11.8 Å². The number of hydrogen-bond donors (Lipinski definition) is 1. The van der Waals surface area contributed by atoms with Gasteiger partial charge < -0.3 is 5.73 Å². The standard InChI is InChI=1S/C10H13N5/c1-15-7-8(6-13-15)10-12-5-3-9(14-10)2-4-11/h3,5-7H,2,4,11H2,1H3. The predicted molar refractivity (Wildman–Crippen MR) is 57.0 cm³/mol. The number of aryl methyl sites for hydroxylation is 1. The van der Waals surface area contributed by atoms with Crippen molar-refractivity contribution >= 4 is 0 Å². The summed E-state index contributed by atoms with van der Waals surface area (Å²) in [5.74, 6) is 0.703. The third kappa shape index (κ3) is 2.19. The molecule has 0 aliphatic carbocycles. The lowest BCUT2D eigenvalue weighted by Gasteiger charge is -1.99. The highest BCUT2D eigenvalue weighted by Crippen LogP contribution is 2.12. The lowest BCUT2D eigenvalue weighted by molar-refractivity contribution is 0.768. The fraction of sp³-hybridized carbons (Fsp3) is 0.300. The van der Waals surface area contributed by atoms with Crippen molar-refractivity contribution in [3.63, 3.8) is 0 Å². The zero-order chi connectivity index (χ0) is 10.7. The molecular formula is C10H13N5. The largest absolute Gasteiger partial charge is 0.330 e. The third-order valence-corrected chi connectivity index (χ3v) is 2.08. The summed E-state index contributed by atoms with van der Waals surface area (Å²) in [4.78, 5) is 8.60. The van der Waals surface area contributed by atoms with Gasteiger partial charge in [0.2, 0.25) is 0 Å². The molecule has 0 atom stereocenters. The Morgan fingerprint density at radius 3 is 3.00 bits per heavy atom. The van der Waals surface area contributed by atoms with E-state index in [1.807, 2.05) is 19.3 Å². The first-order valence-corrected chi connectivity index (χ1v) is 4.80. The van der Waals surface area contributed by atoms with Crippen LogP contribution in [0.3, 0.4) is 0 Å². The van der Waals surface area contributed by atoms with E-state index < -0.39 is 0 Å². The second-order valence-corrected chi connectivity index (χ2v) is 3.31. The minimum absolute atomic E-state index is 0.601. The molecule has 5 heteroatoms. The Balaban J connectivity index is 2.32. The molecule has 0 fully saturated rings. The van der Waals surface area contributed by atoms with Crippen LogP contribution < -0.4 is 5.73 Å². The Hall–Kier alpha value is -1.75. The summed E-state index contributed by atoms with van der Waals surface area (Å²) in [6, 6.07) is 1.88. The molecule has 2 rings (SSSR count). The first kappa shape index (κ1) is 9.79. The molecule has 0 radical (unpaired) electrons. The number of aromatic nitrogens is 4. The molecule has 78 valence electrons. The lowest BCUT2D eigenvalue weighted by atomic mass is 10.2. The smallest absolute Gasteiger partial charge is 0.162 e. The molecule has 0 unspecified atom stereocenters. The van der Waals surface area contributed by atoms with Crippen LogP contribution in [-0.4, -0.2) is 26.3 Å². The number of nitrogens with two attached hydrogens (primary N) is 1. The molecule has 0 aliphatic heterocycles. The van der Waals surface area contributed by atoms with Gasteiger partial charge in [0.25, 0.3) is 0 Å². The van der Waals surface area contributed by atoms with E-state index in [2.05, 4.69) is 15.1 Å². The van der Waals surface area contributed by atoms with Gasteiger partial charge in [0.1, 0.15) is 0 Å². The average Bonchev–Trinajstić information content (AvgIpc) is 2.66. The topological polar surface area (TPSA) is 69.6 Å². The van der Waals surface area contributed by atoms with Gasteiger partial charge >= 0.3 is 0 Å². The molecule has 2 N–H and O–H groups in total. The van der Waals surface area contributed by atoms with Crippen LogP contribution in [0.25, 0.3) is 11.4 Å². The fourth-order valence-corrected chi connectivity index (χ4v) is 1.36. The molecule has 0 aliphatic rings. The predicted octanol–water partition coefficient (Wildman–Crippen LogP) is 0.378. The molecule has 0 bridgehead atoms. The van der Waals surface area contributed by atoms with Crippen molar-refractivity contribution in [3.05, 3.63) is 30.4 Å². The van der Waals surface area contributed by atoms with Crippen LogP contribution in [0.2, 0.25) is 0 Å². The van der Waals surface area contributed by atoms with Gasteiger partial charge in [0, 0.05) is 31.6 Å². The first-order chi connectivity index (χ1) is 7.29. The maximum Gasteiger partial charge on any atom is 0.162 e. The monoisotopic (exact) mass is 203 g/mol. The van der Waals surface area contributed by atoms with Gasteiger partial charge in [-0.1, -0.05) is 0 Å². The SMILES string of the molecule is Cn1cc(-c2nccc(CCN)n2)cn1. The van der Waals surface area contributed by atoms with Gasteiger partial charge in [-0.2, -0.15) is 5.10 Å². The second-order valence-electron chi connectivity index (χ2n) is 3.31. The van der Waals surface area contributed by atoms with Gasteiger partial charge in [-0.25, -0.2) is 9.97 Å². The summed E-state index contributed by atoms with van der Waals surface area (Å²) in [6.45, 7) is 0.601. The zero-order valence-corrected chi connectivity index (χ0v) is 8.59. The molecule has 0 saturated carbocycles. The minimum atomic E-state index is 0.601. The highest BCUT2D eigenvalue weighted by molar-refractivity contribution is 5.51. The average molecular weight is 203 g/mol. The third-order valence-electron chi connectivity index (χ3n) is 2.08. The quantitative estimate of drug-likeness (QED) is 0.782. The van der Waals surface area contributed by atoms with Crippen LogP contribution in [0.1, 0.15) is 5.69 Å². The highest BCUT2D eigenvalue weighted by atomic mass is 15.2. The molecule has 0 saturated heterocycles. The van der Waals surface area contributed by atoms with E-state index in [1.165, 1.54) is 0 Å². The van der Waals surface area contributed by atoms with E-state index in [0.717, 1.165) is 17.7 Å². The second kappa shape index (κ2) is 4.18. The van der Waals surface area contributed by atoms with Gasteiger partial charge in [-0.05, 0) is 12.6 Å². The lowest BCUT2D eigenvalue weighted by Crippen LogP contribution is -2.05. The molecule has 0 spiro atoms. The van der Waals surface area contributed by atoms with Crippen LogP contribution >= 0.6 is 0 Å². The summed E-state index contributed by atoms with van der Waals surface area (Å²) >= 11 is 0. The van der Waals surface area contributed by atoms with E-state index in [1.54, 1.807) is 17.1 Å². The maximum atomic E-state index is 5.48. The van der Waals surface area contributed by atoms with Crippen molar-refractivity contribution in [2.75, 3.05) is 6.54 Å². The highest BCUT2D eigenvalue weighted by Gasteiger charge is 2.04.